The molecule has 0 fully saturated rings. The molecule has 2 amide bonds. The highest BCUT2D eigenvalue weighted by molar-refractivity contribution is 6.44. The van der Waals surface area contributed by atoms with Crippen molar-refractivity contribution >= 4 is 39.8 Å². The van der Waals surface area contributed by atoms with Crippen LogP contribution in [0.2, 0.25) is 0 Å². The Morgan fingerprint density at radius 2 is 1.74 bits per heavy atom. The van der Waals surface area contributed by atoms with Crippen molar-refractivity contribution in [2.24, 2.45) is 0 Å². The first kappa shape index (κ1) is 17.8. The van der Waals surface area contributed by atoms with Crippen LogP contribution in [-0.2, 0) is 9.59 Å². The number of methoxy groups -OCH3 is 1. The molecule has 136 valence electrons. The number of nitro benzene ring substituents is 1. The Morgan fingerprint density at radius 3 is 2.44 bits per heavy atom. The number of benzene rings is 2. The maximum atomic E-state index is 12.2. The lowest BCUT2D eigenvalue weighted by atomic mass is 10.2. The molecule has 3 rings (SSSR count). The highest BCUT2D eigenvalue weighted by atomic mass is 16.6. The summed E-state index contributed by atoms with van der Waals surface area (Å²) >= 11 is 0. The van der Waals surface area contributed by atoms with Crippen LogP contribution in [-0.4, -0.2) is 28.8 Å². The molecule has 3 aromatic rings. The summed E-state index contributed by atoms with van der Waals surface area (Å²) in [5, 5.41) is 16.5. The minimum atomic E-state index is -0.949. The monoisotopic (exact) mass is 366 g/mol. The van der Waals surface area contributed by atoms with Crippen LogP contribution in [0.25, 0.3) is 10.9 Å². The van der Waals surface area contributed by atoms with Gasteiger partial charge in [-0.3, -0.25) is 24.7 Å². The second-order valence-corrected chi connectivity index (χ2v) is 5.43. The van der Waals surface area contributed by atoms with Crippen LogP contribution in [0.1, 0.15) is 0 Å². The van der Waals surface area contributed by atoms with E-state index in [-0.39, 0.29) is 17.1 Å². The van der Waals surface area contributed by atoms with E-state index in [1.54, 1.807) is 24.4 Å². The maximum Gasteiger partial charge on any atom is 0.314 e. The Morgan fingerprint density at radius 1 is 1.04 bits per heavy atom. The SMILES string of the molecule is COc1cc([N+](=O)[O-])ccc1NC(=O)C(=O)Nc1cccc2cccnc12. The summed E-state index contributed by atoms with van der Waals surface area (Å²) in [6.45, 7) is 0. The number of carbonyl (C=O) groups is 2. The van der Waals surface area contributed by atoms with Crippen LogP contribution in [0.4, 0.5) is 17.1 Å². The van der Waals surface area contributed by atoms with Gasteiger partial charge in [0.1, 0.15) is 5.75 Å². The van der Waals surface area contributed by atoms with E-state index in [1.165, 1.54) is 19.2 Å². The third kappa shape index (κ3) is 3.82. The van der Waals surface area contributed by atoms with E-state index in [0.717, 1.165) is 11.5 Å². The molecule has 2 aromatic carbocycles. The second kappa shape index (κ2) is 7.48. The first-order chi connectivity index (χ1) is 13.0. The van der Waals surface area contributed by atoms with E-state index in [1.807, 2.05) is 12.1 Å². The number of non-ortho nitro benzene ring substituents is 1. The van der Waals surface area contributed by atoms with Gasteiger partial charge < -0.3 is 15.4 Å². The van der Waals surface area contributed by atoms with Crippen molar-refractivity contribution in [3.63, 3.8) is 0 Å². The van der Waals surface area contributed by atoms with Gasteiger partial charge in [0.2, 0.25) is 0 Å². The van der Waals surface area contributed by atoms with E-state index in [4.69, 9.17) is 4.74 Å². The predicted octanol–water partition coefficient (Wildman–Crippen LogP) is 2.73. The van der Waals surface area contributed by atoms with Crippen molar-refractivity contribution in [1.82, 2.24) is 4.98 Å². The Labute approximate surface area is 153 Å². The highest BCUT2D eigenvalue weighted by Crippen LogP contribution is 2.29. The zero-order valence-corrected chi connectivity index (χ0v) is 14.1. The van der Waals surface area contributed by atoms with E-state index in [0.29, 0.717) is 11.2 Å². The number of nitrogens with zero attached hydrogens (tertiary/aromatic N) is 2. The van der Waals surface area contributed by atoms with Crippen molar-refractivity contribution in [2.45, 2.75) is 0 Å². The van der Waals surface area contributed by atoms with Crippen LogP contribution < -0.4 is 15.4 Å². The van der Waals surface area contributed by atoms with Gasteiger partial charge in [0, 0.05) is 17.6 Å². The minimum Gasteiger partial charge on any atom is -0.494 e. The number of pyridine rings is 1. The zero-order valence-electron chi connectivity index (χ0n) is 14.1. The molecule has 0 saturated heterocycles. The lowest BCUT2D eigenvalue weighted by molar-refractivity contribution is -0.384. The molecule has 2 N–H and O–H groups in total. The number of para-hydroxylation sites is 1. The van der Waals surface area contributed by atoms with Gasteiger partial charge in [-0.05, 0) is 18.2 Å². The third-order valence-electron chi connectivity index (χ3n) is 3.73. The number of hydrogen-bond acceptors (Lipinski definition) is 6. The summed E-state index contributed by atoms with van der Waals surface area (Å²) in [5.74, 6) is -1.79. The molecule has 0 unspecified atom stereocenters. The number of anilines is 2. The normalized spacial score (nSPS) is 10.3. The average molecular weight is 366 g/mol. The summed E-state index contributed by atoms with van der Waals surface area (Å²) in [7, 11) is 1.30. The molecule has 0 aliphatic carbocycles. The number of aromatic nitrogens is 1. The Kier molecular flexibility index (Phi) is 4.93. The van der Waals surface area contributed by atoms with Crippen LogP contribution in [0.15, 0.2) is 54.7 Å². The number of amides is 2. The lowest BCUT2D eigenvalue weighted by Gasteiger charge is -2.11. The van der Waals surface area contributed by atoms with Gasteiger partial charge in [-0.15, -0.1) is 0 Å². The smallest absolute Gasteiger partial charge is 0.314 e. The fraction of sp³-hybridized carbons (Fsp3) is 0.0556. The fourth-order valence-electron chi connectivity index (χ4n) is 2.46. The summed E-state index contributed by atoms with van der Waals surface area (Å²) < 4.78 is 5.03. The van der Waals surface area contributed by atoms with E-state index in [9.17, 15) is 19.7 Å². The van der Waals surface area contributed by atoms with Gasteiger partial charge in [-0.25, -0.2) is 0 Å². The van der Waals surface area contributed by atoms with Gasteiger partial charge in [0.15, 0.2) is 0 Å². The number of nitrogens with one attached hydrogen (secondary N) is 2. The Bertz CT molecular complexity index is 1050. The van der Waals surface area contributed by atoms with Crippen LogP contribution >= 0.6 is 0 Å². The molecule has 0 bridgehead atoms. The van der Waals surface area contributed by atoms with Gasteiger partial charge >= 0.3 is 11.8 Å². The third-order valence-corrected chi connectivity index (χ3v) is 3.73. The zero-order chi connectivity index (χ0) is 19.4. The lowest BCUT2D eigenvalue weighted by Crippen LogP contribution is -2.29. The largest absolute Gasteiger partial charge is 0.494 e. The first-order valence-electron chi connectivity index (χ1n) is 7.78. The molecule has 0 aliphatic rings. The summed E-state index contributed by atoms with van der Waals surface area (Å²) in [6.07, 6.45) is 1.58. The van der Waals surface area contributed by atoms with Crippen molar-refractivity contribution < 1.29 is 19.2 Å². The van der Waals surface area contributed by atoms with Crippen LogP contribution in [0.3, 0.4) is 0 Å². The molecule has 1 aromatic heterocycles. The summed E-state index contributed by atoms with van der Waals surface area (Å²) in [4.78, 5) is 38.9. The highest BCUT2D eigenvalue weighted by Gasteiger charge is 2.19. The van der Waals surface area contributed by atoms with Crippen LogP contribution in [0.5, 0.6) is 5.75 Å². The van der Waals surface area contributed by atoms with Crippen molar-refractivity contribution in [3.8, 4) is 5.75 Å². The molecule has 9 heteroatoms. The van der Waals surface area contributed by atoms with Crippen molar-refractivity contribution in [1.29, 1.82) is 0 Å². The predicted molar refractivity (Wildman–Crippen MR) is 98.7 cm³/mol. The van der Waals surface area contributed by atoms with Gasteiger partial charge in [0.25, 0.3) is 5.69 Å². The Balaban J connectivity index is 1.78. The molecule has 1 heterocycles. The van der Waals surface area contributed by atoms with E-state index in [2.05, 4.69) is 15.6 Å². The number of fused-ring (bicyclic) bond motifs is 1. The number of hydrogen-bond donors (Lipinski definition) is 2. The first-order valence-corrected chi connectivity index (χ1v) is 7.78. The molecule has 27 heavy (non-hydrogen) atoms. The number of rotatable bonds is 4. The Hall–Kier alpha value is -4.01. The van der Waals surface area contributed by atoms with Gasteiger partial charge in [-0.1, -0.05) is 18.2 Å². The number of carbonyl (C=O) groups excluding carboxylic acids is 2. The topological polar surface area (TPSA) is 123 Å². The average Bonchev–Trinajstić information content (AvgIpc) is 2.68. The van der Waals surface area contributed by atoms with Gasteiger partial charge in [0.05, 0.1) is 35.0 Å². The fourth-order valence-corrected chi connectivity index (χ4v) is 2.46. The minimum absolute atomic E-state index is 0.0668. The maximum absolute atomic E-state index is 12.2. The second-order valence-electron chi connectivity index (χ2n) is 5.43. The molecule has 0 aliphatic heterocycles. The number of nitro groups is 1. The quantitative estimate of drug-likeness (QED) is 0.416. The van der Waals surface area contributed by atoms with Crippen LogP contribution in [0, 0.1) is 10.1 Å². The van der Waals surface area contributed by atoms with E-state index >= 15 is 0 Å². The number of ether oxygens (including phenoxy) is 1. The molecular formula is C18H14N4O5. The molecule has 9 nitrogen and oxygen atoms in total. The molecule has 0 radical (unpaired) electrons. The van der Waals surface area contributed by atoms with E-state index < -0.39 is 16.7 Å². The summed E-state index contributed by atoms with van der Waals surface area (Å²) in [6, 6.07) is 12.4. The molecular weight excluding hydrogens is 352 g/mol. The van der Waals surface area contributed by atoms with Gasteiger partial charge in [-0.2, -0.15) is 0 Å². The standard InChI is InChI=1S/C18H14N4O5/c1-27-15-10-12(22(25)26)7-8-13(15)20-17(23)18(24)21-14-6-2-4-11-5-3-9-19-16(11)14/h2-10H,1H3,(H,20,23)(H,21,24). The molecule has 0 saturated carbocycles. The molecule has 0 spiro atoms. The van der Waals surface area contributed by atoms with Crippen molar-refractivity contribution in [3.05, 3.63) is 64.8 Å². The van der Waals surface area contributed by atoms with Crippen molar-refractivity contribution in [2.75, 3.05) is 17.7 Å². The molecule has 0 atom stereocenters. The summed E-state index contributed by atoms with van der Waals surface area (Å²) in [5.41, 5.74) is 0.883.